The first-order chi connectivity index (χ1) is 8.93. The molecule has 0 radical (unpaired) electrons. The van der Waals surface area contributed by atoms with E-state index in [4.69, 9.17) is 0 Å². The summed E-state index contributed by atoms with van der Waals surface area (Å²) < 4.78 is 0. The lowest BCUT2D eigenvalue weighted by Crippen LogP contribution is -2.39. The van der Waals surface area contributed by atoms with Crippen LogP contribution in [0, 0.1) is 0 Å². The molecular weight excluding hydrogens is 246 g/mol. The van der Waals surface area contributed by atoms with Crippen LogP contribution in [-0.2, 0) is 9.59 Å². The number of hydrogen-bond acceptors (Lipinski definition) is 5. The lowest BCUT2D eigenvalue weighted by atomic mass is 10.0. The van der Waals surface area contributed by atoms with Gasteiger partial charge in [-0.3, -0.25) is 9.59 Å². The van der Waals surface area contributed by atoms with E-state index in [9.17, 15) is 19.8 Å². The molecule has 0 aromatic heterocycles. The van der Waals surface area contributed by atoms with E-state index in [1.165, 1.54) is 0 Å². The highest BCUT2D eigenvalue weighted by atomic mass is 16.3. The first kappa shape index (κ1) is 18.2. The van der Waals surface area contributed by atoms with Crippen LogP contribution < -0.4 is 0 Å². The number of aliphatic hydroxyl groups excluding tert-OH is 2. The Hall–Kier alpha value is -0.780. The van der Waals surface area contributed by atoms with Crippen molar-refractivity contribution in [3.8, 4) is 0 Å². The fourth-order valence-electron chi connectivity index (χ4n) is 1.99. The van der Waals surface area contributed by atoms with Crippen molar-refractivity contribution >= 4 is 11.6 Å². The van der Waals surface area contributed by atoms with Crippen molar-refractivity contribution in [1.29, 1.82) is 0 Å². The Balaban J connectivity index is 4.04. The van der Waals surface area contributed by atoms with Gasteiger partial charge in [0.2, 0.25) is 0 Å². The molecule has 5 nitrogen and oxygen atoms in total. The largest absolute Gasteiger partial charge is 0.382 e. The van der Waals surface area contributed by atoms with Gasteiger partial charge in [0, 0.05) is 6.42 Å². The van der Waals surface area contributed by atoms with Crippen LogP contribution in [0.3, 0.4) is 0 Å². The Kier molecular flexibility index (Phi) is 9.65. The number of ketones is 2. The molecule has 0 aliphatic rings. The van der Waals surface area contributed by atoms with E-state index < -0.39 is 23.8 Å². The zero-order valence-corrected chi connectivity index (χ0v) is 12.3. The van der Waals surface area contributed by atoms with Crippen molar-refractivity contribution in [2.75, 3.05) is 19.6 Å². The summed E-state index contributed by atoms with van der Waals surface area (Å²) >= 11 is 0. The molecule has 2 unspecified atom stereocenters. The number of rotatable bonds is 11. The predicted octanol–water partition coefficient (Wildman–Crippen LogP) is 0.769. The third-order valence-electron chi connectivity index (χ3n) is 3.02. The van der Waals surface area contributed by atoms with E-state index in [1.807, 2.05) is 0 Å². The smallest absolute Gasteiger partial charge is 0.164 e. The molecule has 0 fully saturated rings. The van der Waals surface area contributed by atoms with Crippen molar-refractivity contribution in [2.45, 2.75) is 58.7 Å². The van der Waals surface area contributed by atoms with Gasteiger partial charge in [-0.25, -0.2) is 0 Å². The third kappa shape index (κ3) is 7.40. The van der Waals surface area contributed by atoms with Crippen LogP contribution in [0.5, 0.6) is 0 Å². The molecule has 0 heterocycles. The van der Waals surface area contributed by atoms with Gasteiger partial charge in [0.1, 0.15) is 12.2 Å². The van der Waals surface area contributed by atoms with Gasteiger partial charge >= 0.3 is 0 Å². The second-order valence-electron chi connectivity index (χ2n) is 4.91. The summed E-state index contributed by atoms with van der Waals surface area (Å²) in [5, 5.41) is 18.8. The molecule has 0 amide bonds. The number of aliphatic hydroxyl groups is 2. The van der Waals surface area contributed by atoms with Gasteiger partial charge in [-0.15, -0.1) is 0 Å². The average molecular weight is 273 g/mol. The molecule has 0 rings (SSSR count). The SMILES string of the molecule is CCCN(CCC)CCCC(=O)C(O)C(O)C(C)=O. The van der Waals surface area contributed by atoms with Crippen molar-refractivity contribution in [1.82, 2.24) is 4.90 Å². The van der Waals surface area contributed by atoms with Crippen molar-refractivity contribution in [3.05, 3.63) is 0 Å². The van der Waals surface area contributed by atoms with Crippen LogP contribution in [0.4, 0.5) is 0 Å². The van der Waals surface area contributed by atoms with Crippen LogP contribution in [0.2, 0.25) is 0 Å². The number of nitrogens with zero attached hydrogens (tertiary/aromatic N) is 1. The van der Waals surface area contributed by atoms with Crippen LogP contribution in [0.1, 0.15) is 46.5 Å². The van der Waals surface area contributed by atoms with Gasteiger partial charge in [-0.2, -0.15) is 0 Å². The van der Waals surface area contributed by atoms with Crippen LogP contribution >= 0.6 is 0 Å². The number of carbonyl (C=O) groups is 2. The van der Waals surface area contributed by atoms with Crippen molar-refractivity contribution in [3.63, 3.8) is 0 Å². The summed E-state index contributed by atoms with van der Waals surface area (Å²) in [6.45, 7) is 8.19. The summed E-state index contributed by atoms with van der Waals surface area (Å²) in [4.78, 5) is 24.8. The monoisotopic (exact) mass is 273 g/mol. The van der Waals surface area contributed by atoms with E-state index in [1.54, 1.807) is 0 Å². The summed E-state index contributed by atoms with van der Waals surface area (Å²) in [6, 6.07) is 0. The van der Waals surface area contributed by atoms with E-state index in [-0.39, 0.29) is 6.42 Å². The number of carbonyl (C=O) groups excluding carboxylic acids is 2. The van der Waals surface area contributed by atoms with E-state index in [0.717, 1.165) is 39.4 Å². The molecule has 0 saturated carbocycles. The van der Waals surface area contributed by atoms with Crippen molar-refractivity contribution < 1.29 is 19.8 Å². The Morgan fingerprint density at radius 2 is 1.53 bits per heavy atom. The minimum atomic E-state index is -1.59. The summed E-state index contributed by atoms with van der Waals surface area (Å²) in [7, 11) is 0. The second kappa shape index (κ2) is 10.1. The first-order valence-electron chi connectivity index (χ1n) is 7.05. The minimum Gasteiger partial charge on any atom is -0.382 e. The predicted molar refractivity (Wildman–Crippen MR) is 74.0 cm³/mol. The molecule has 0 saturated heterocycles. The van der Waals surface area contributed by atoms with Gasteiger partial charge in [0.05, 0.1) is 0 Å². The molecule has 0 aromatic rings. The van der Waals surface area contributed by atoms with Crippen molar-refractivity contribution in [2.24, 2.45) is 0 Å². The summed E-state index contributed by atoms with van der Waals surface area (Å²) in [6.07, 6.45) is -0.201. The molecule has 112 valence electrons. The highest BCUT2D eigenvalue weighted by molar-refractivity contribution is 5.91. The molecule has 0 aliphatic heterocycles. The highest BCUT2D eigenvalue weighted by Gasteiger charge is 2.26. The van der Waals surface area contributed by atoms with Gasteiger partial charge in [0.25, 0.3) is 0 Å². The maximum atomic E-state index is 11.6. The summed E-state index contributed by atoms with van der Waals surface area (Å²) in [5.74, 6) is -1.05. The molecule has 0 spiro atoms. The maximum Gasteiger partial charge on any atom is 0.164 e. The molecule has 2 atom stereocenters. The van der Waals surface area contributed by atoms with E-state index in [0.29, 0.717) is 6.42 Å². The Morgan fingerprint density at radius 3 is 1.95 bits per heavy atom. The standard InChI is InChI=1S/C14H27NO4/c1-4-8-15(9-5-2)10-6-7-12(17)14(19)13(18)11(3)16/h13-14,18-19H,4-10H2,1-3H3. The maximum absolute atomic E-state index is 11.6. The Bertz CT molecular complexity index is 275. The van der Waals surface area contributed by atoms with Gasteiger partial charge < -0.3 is 15.1 Å². The third-order valence-corrected chi connectivity index (χ3v) is 3.02. The normalized spacial score (nSPS) is 14.4. The van der Waals surface area contributed by atoms with Gasteiger partial charge in [-0.05, 0) is 45.8 Å². The van der Waals surface area contributed by atoms with Gasteiger partial charge in [-0.1, -0.05) is 13.8 Å². The van der Waals surface area contributed by atoms with E-state index >= 15 is 0 Å². The molecule has 2 N–H and O–H groups in total. The molecule has 0 aromatic carbocycles. The second-order valence-corrected chi connectivity index (χ2v) is 4.91. The lowest BCUT2D eigenvalue weighted by Gasteiger charge is -2.21. The molecular formula is C14H27NO4. The summed E-state index contributed by atoms with van der Waals surface area (Å²) in [5.41, 5.74) is 0. The zero-order chi connectivity index (χ0) is 14.8. The zero-order valence-electron chi connectivity index (χ0n) is 12.3. The average Bonchev–Trinajstić information content (AvgIpc) is 2.37. The first-order valence-corrected chi connectivity index (χ1v) is 7.05. The fourth-order valence-corrected chi connectivity index (χ4v) is 1.99. The van der Waals surface area contributed by atoms with E-state index in [2.05, 4.69) is 18.7 Å². The van der Waals surface area contributed by atoms with Crippen LogP contribution in [-0.4, -0.2) is 58.5 Å². The van der Waals surface area contributed by atoms with Crippen LogP contribution in [0.15, 0.2) is 0 Å². The number of hydrogen-bond donors (Lipinski definition) is 2. The molecule has 5 heteroatoms. The number of Topliss-reactive ketones (excluding diaryl/α,β-unsaturated/α-hetero) is 2. The molecule has 19 heavy (non-hydrogen) atoms. The molecule has 0 bridgehead atoms. The Morgan fingerprint density at radius 1 is 1.00 bits per heavy atom. The lowest BCUT2D eigenvalue weighted by molar-refractivity contribution is -0.142. The Labute approximate surface area is 115 Å². The highest BCUT2D eigenvalue weighted by Crippen LogP contribution is 2.04. The minimum absolute atomic E-state index is 0.190. The fraction of sp³-hybridized carbons (Fsp3) is 0.857. The molecule has 0 aliphatic carbocycles. The van der Waals surface area contributed by atoms with Gasteiger partial charge in [0.15, 0.2) is 11.6 Å². The quantitative estimate of drug-likeness (QED) is 0.581. The topological polar surface area (TPSA) is 77.8 Å². The van der Waals surface area contributed by atoms with Crippen LogP contribution in [0.25, 0.3) is 0 Å².